The van der Waals surface area contributed by atoms with Crippen LogP contribution in [-0.2, 0) is 18.5 Å². The van der Waals surface area contributed by atoms with Crippen LogP contribution >= 0.6 is 0 Å². The largest absolute Gasteiger partial charge is 0.341 e. The summed E-state index contributed by atoms with van der Waals surface area (Å²) in [5, 5.41) is 10.4. The molecule has 2 aromatic heterocycles. The van der Waals surface area contributed by atoms with E-state index >= 15 is 0 Å². The van der Waals surface area contributed by atoms with Crippen molar-refractivity contribution in [2.75, 3.05) is 0 Å². The molecule has 0 bridgehead atoms. The minimum Gasteiger partial charge on any atom is -0.341 e. The molecule has 0 N–H and O–H groups in total. The highest BCUT2D eigenvalue weighted by molar-refractivity contribution is 6.17. The Hall–Kier alpha value is -7.42. The van der Waals surface area contributed by atoms with Crippen LogP contribution in [0.3, 0.4) is 0 Å². The number of rotatable bonds is 8. The number of hydrogen-bond donors (Lipinski definition) is 0. The summed E-state index contributed by atoms with van der Waals surface area (Å²) in [6.45, 7) is 6.34. The third-order valence-electron chi connectivity index (χ3n) is 13.5. The molecule has 0 saturated carbocycles. The molecule has 0 radical (unpaired) electrons. The Morgan fingerprint density at radius 2 is 0.754 bits per heavy atom. The van der Waals surface area contributed by atoms with Gasteiger partial charge < -0.3 is 9.13 Å². The Labute approximate surface area is 355 Å². The first-order chi connectivity index (χ1) is 30.1. The lowest BCUT2D eigenvalue weighted by atomic mass is 9.67. The zero-order chi connectivity index (χ0) is 40.7. The van der Waals surface area contributed by atoms with Gasteiger partial charge in [-0.25, -0.2) is 0 Å². The first-order valence-electron chi connectivity index (χ1n) is 21.7. The Morgan fingerprint density at radius 3 is 1.20 bits per heavy atom. The van der Waals surface area contributed by atoms with E-state index < -0.39 is 5.41 Å². The fraction of sp³-hybridized carbons (Fsp3) is 0.0847. The summed E-state index contributed by atoms with van der Waals surface area (Å²) < 4.78 is 4.84. The van der Waals surface area contributed by atoms with Crippen LogP contribution in [0.5, 0.6) is 0 Å². The predicted octanol–water partition coefficient (Wildman–Crippen LogP) is 15.3. The van der Waals surface area contributed by atoms with E-state index in [2.05, 4.69) is 229 Å². The fourth-order valence-corrected chi connectivity index (χ4v) is 10.9. The van der Waals surface area contributed by atoms with E-state index in [1.807, 2.05) is 0 Å². The molecule has 1 aliphatic carbocycles. The van der Waals surface area contributed by atoms with E-state index in [9.17, 15) is 0 Å². The van der Waals surface area contributed by atoms with Gasteiger partial charge in [-0.05, 0) is 141 Å². The summed E-state index contributed by atoms with van der Waals surface area (Å²) in [5.74, 6) is 0. The van der Waals surface area contributed by atoms with Gasteiger partial charge in [0.05, 0.1) is 5.41 Å². The second-order valence-electron chi connectivity index (χ2n) is 16.6. The van der Waals surface area contributed by atoms with Crippen molar-refractivity contribution in [1.82, 2.24) is 9.13 Å². The molecule has 1 aliphatic rings. The molecule has 290 valence electrons. The molecule has 2 heterocycles. The summed E-state index contributed by atoms with van der Waals surface area (Å²) in [6.07, 6.45) is 9.21. The summed E-state index contributed by atoms with van der Waals surface area (Å²) >= 11 is 0. The molecule has 2 nitrogen and oxygen atoms in total. The average molecular weight is 781 g/mol. The quantitative estimate of drug-likeness (QED) is 0.107. The van der Waals surface area contributed by atoms with Gasteiger partial charge >= 0.3 is 0 Å². The van der Waals surface area contributed by atoms with E-state index in [0.29, 0.717) is 0 Å². The van der Waals surface area contributed by atoms with Gasteiger partial charge in [0.1, 0.15) is 0 Å². The topological polar surface area (TPSA) is 9.86 Å². The van der Waals surface area contributed by atoms with E-state index in [0.717, 1.165) is 13.1 Å². The Balaban J connectivity index is 1.03. The monoisotopic (exact) mass is 780 g/mol. The lowest BCUT2D eigenvalue weighted by Crippen LogP contribution is -2.29. The zero-order valence-electron chi connectivity index (χ0n) is 34.4. The second kappa shape index (κ2) is 13.8. The first kappa shape index (κ1) is 35.5. The molecule has 0 unspecified atom stereocenters. The van der Waals surface area contributed by atoms with Crippen molar-refractivity contribution in [2.45, 2.75) is 32.4 Å². The van der Waals surface area contributed by atoms with Crippen molar-refractivity contribution >= 4 is 89.5 Å². The summed E-state index contributed by atoms with van der Waals surface area (Å²) in [6, 6.07) is 68.1. The molecule has 0 fully saturated rings. The SMILES string of the molecule is CCn1c2ccccc2c2cc(C=Cc3cc4c5c(ccc6cc(C=Cc7ccc8c(c7)c7ccccc7n8CC)cc(c65)C4(c4ccccc4)c4ccccc4)c3)ccc21. The third kappa shape index (κ3) is 5.28. The van der Waals surface area contributed by atoms with E-state index in [4.69, 9.17) is 0 Å². The van der Waals surface area contributed by atoms with Gasteiger partial charge in [0.15, 0.2) is 0 Å². The van der Waals surface area contributed by atoms with Gasteiger partial charge in [-0.3, -0.25) is 0 Å². The maximum Gasteiger partial charge on any atom is 0.0714 e. The number of fused-ring (bicyclic) bond motifs is 6. The van der Waals surface area contributed by atoms with Crippen LogP contribution in [-0.4, -0.2) is 9.13 Å². The van der Waals surface area contributed by atoms with Gasteiger partial charge in [0, 0.05) is 56.7 Å². The molecule has 0 spiro atoms. The van der Waals surface area contributed by atoms with Crippen molar-refractivity contribution < 1.29 is 0 Å². The highest BCUT2D eigenvalue weighted by atomic mass is 15.0. The van der Waals surface area contributed by atoms with Gasteiger partial charge in [-0.2, -0.15) is 0 Å². The Morgan fingerprint density at radius 1 is 0.361 bits per heavy atom. The molecule has 61 heavy (non-hydrogen) atoms. The second-order valence-corrected chi connectivity index (χ2v) is 16.6. The number of benzene rings is 9. The minimum absolute atomic E-state index is 0.516. The van der Waals surface area contributed by atoms with Crippen LogP contribution in [0.4, 0.5) is 0 Å². The molecule has 2 heteroatoms. The van der Waals surface area contributed by atoms with Crippen LogP contribution in [0.15, 0.2) is 182 Å². The van der Waals surface area contributed by atoms with Crippen LogP contribution < -0.4 is 0 Å². The summed E-state index contributed by atoms with van der Waals surface area (Å²) in [5.41, 5.74) is 14.7. The van der Waals surface area contributed by atoms with E-state index in [-0.39, 0.29) is 0 Å². The maximum atomic E-state index is 2.47. The number of para-hydroxylation sites is 2. The molecule has 0 aliphatic heterocycles. The van der Waals surface area contributed by atoms with Crippen molar-refractivity contribution in [3.05, 3.63) is 226 Å². The summed E-state index contributed by atoms with van der Waals surface area (Å²) in [7, 11) is 0. The van der Waals surface area contributed by atoms with Crippen LogP contribution in [0.25, 0.3) is 89.5 Å². The van der Waals surface area contributed by atoms with E-state index in [1.54, 1.807) is 0 Å². The van der Waals surface area contributed by atoms with Gasteiger partial charge in [0.25, 0.3) is 0 Å². The Bertz CT molecular complexity index is 3360. The van der Waals surface area contributed by atoms with Crippen molar-refractivity contribution in [1.29, 1.82) is 0 Å². The molecule has 0 saturated heterocycles. The van der Waals surface area contributed by atoms with Gasteiger partial charge in [-0.15, -0.1) is 0 Å². The lowest BCUT2D eigenvalue weighted by Gasteiger charge is -2.34. The standard InChI is InChI=1S/C59H44N2/c1-3-60-53-21-13-11-19-47(53)49-35-39(27-31-55(49)60)23-25-41-33-43-29-30-44-34-42(26-24-40-28-32-56-50(36-40)48-20-12-14-22-54(48)61(56)4-2)38-52-58(44)57(43)51(37-41)59(52,45-15-7-5-8-16-45)46-17-9-6-10-18-46/h5-38H,3-4H2,1-2H3. The van der Waals surface area contributed by atoms with Gasteiger partial charge in [0.2, 0.25) is 0 Å². The van der Waals surface area contributed by atoms with Crippen molar-refractivity contribution in [2.24, 2.45) is 0 Å². The highest BCUT2D eigenvalue weighted by Crippen LogP contribution is 2.56. The number of aryl methyl sites for hydroxylation is 2. The number of nitrogens with zero attached hydrogens (tertiary/aromatic N) is 2. The van der Waals surface area contributed by atoms with E-state index in [1.165, 1.54) is 110 Å². The zero-order valence-corrected chi connectivity index (χ0v) is 34.4. The molecule has 12 rings (SSSR count). The normalized spacial score (nSPS) is 13.5. The van der Waals surface area contributed by atoms with Crippen molar-refractivity contribution in [3.8, 4) is 0 Å². The summed E-state index contributed by atoms with van der Waals surface area (Å²) in [4.78, 5) is 0. The smallest absolute Gasteiger partial charge is 0.0714 e. The predicted molar refractivity (Wildman–Crippen MR) is 261 cm³/mol. The first-order valence-corrected chi connectivity index (χ1v) is 21.7. The average Bonchev–Trinajstić information content (AvgIpc) is 3.93. The van der Waals surface area contributed by atoms with Crippen LogP contribution in [0.1, 0.15) is 58.4 Å². The molecule has 0 atom stereocenters. The van der Waals surface area contributed by atoms with Crippen LogP contribution in [0, 0.1) is 0 Å². The number of aromatic nitrogens is 2. The molecular formula is C59H44N2. The lowest BCUT2D eigenvalue weighted by molar-refractivity contribution is 0.771. The molecule has 11 aromatic rings. The highest BCUT2D eigenvalue weighted by Gasteiger charge is 2.45. The third-order valence-corrected chi connectivity index (χ3v) is 13.5. The molecule has 9 aromatic carbocycles. The fourth-order valence-electron chi connectivity index (χ4n) is 10.9. The van der Waals surface area contributed by atoms with Crippen LogP contribution in [0.2, 0.25) is 0 Å². The van der Waals surface area contributed by atoms with Gasteiger partial charge in [-0.1, -0.05) is 146 Å². The Kier molecular flexibility index (Phi) is 8.05. The number of hydrogen-bond acceptors (Lipinski definition) is 0. The molecular weight excluding hydrogens is 737 g/mol. The minimum atomic E-state index is -0.516. The molecule has 0 amide bonds. The van der Waals surface area contributed by atoms with Crippen molar-refractivity contribution in [3.63, 3.8) is 0 Å². The maximum absolute atomic E-state index is 2.47.